The van der Waals surface area contributed by atoms with Gasteiger partial charge in [0.05, 0.1) is 30.8 Å². The quantitative estimate of drug-likeness (QED) is 0.852. The number of ether oxygens (including phenoxy) is 2. The maximum Gasteiger partial charge on any atom is 0.227 e. The Kier molecular flexibility index (Phi) is 5.91. The molecule has 2 fully saturated rings. The van der Waals surface area contributed by atoms with Gasteiger partial charge in [-0.05, 0) is 18.9 Å². The average Bonchev–Trinajstić information content (AvgIpc) is 3.04. The van der Waals surface area contributed by atoms with Crippen LogP contribution >= 0.6 is 11.6 Å². The second kappa shape index (κ2) is 8.16. The first-order valence-corrected chi connectivity index (χ1v) is 9.43. The number of nitrogens with zero attached hydrogens (tertiary/aromatic N) is 1. The smallest absolute Gasteiger partial charge is 0.227 e. The van der Waals surface area contributed by atoms with Crippen LogP contribution in [0.15, 0.2) is 12.1 Å². The van der Waals surface area contributed by atoms with Gasteiger partial charge < -0.3 is 19.7 Å². The zero-order valence-electron chi connectivity index (χ0n) is 15.2. The molecule has 0 unspecified atom stereocenters. The van der Waals surface area contributed by atoms with Crippen LogP contribution in [0.4, 0.5) is 5.69 Å². The van der Waals surface area contributed by atoms with Gasteiger partial charge in [-0.15, -0.1) is 0 Å². The fourth-order valence-corrected chi connectivity index (χ4v) is 3.97. The van der Waals surface area contributed by atoms with Gasteiger partial charge in [-0.1, -0.05) is 30.9 Å². The number of rotatable bonds is 5. The van der Waals surface area contributed by atoms with E-state index in [0.717, 1.165) is 25.7 Å². The Morgan fingerprint density at radius 1 is 1.15 bits per heavy atom. The van der Waals surface area contributed by atoms with Crippen molar-refractivity contribution in [3.05, 3.63) is 17.2 Å². The van der Waals surface area contributed by atoms with Crippen LogP contribution in [-0.2, 0) is 9.59 Å². The van der Waals surface area contributed by atoms with Crippen molar-refractivity contribution in [1.29, 1.82) is 0 Å². The Labute approximate surface area is 158 Å². The van der Waals surface area contributed by atoms with Gasteiger partial charge in [-0.2, -0.15) is 0 Å². The maximum atomic E-state index is 12.6. The molecule has 2 aliphatic rings. The summed E-state index contributed by atoms with van der Waals surface area (Å²) in [4.78, 5) is 26.7. The van der Waals surface area contributed by atoms with Crippen LogP contribution in [0.25, 0.3) is 0 Å². The molecule has 26 heavy (non-hydrogen) atoms. The van der Waals surface area contributed by atoms with Crippen LogP contribution < -0.4 is 19.7 Å². The number of hydrogen-bond donors (Lipinski definition) is 1. The lowest BCUT2D eigenvalue weighted by molar-refractivity contribution is -0.127. The zero-order chi connectivity index (χ0) is 18.7. The van der Waals surface area contributed by atoms with E-state index >= 15 is 0 Å². The highest BCUT2D eigenvalue weighted by atomic mass is 35.5. The summed E-state index contributed by atoms with van der Waals surface area (Å²) in [5.41, 5.74) is 0.566. The molecule has 1 aromatic carbocycles. The number of benzene rings is 1. The van der Waals surface area contributed by atoms with Crippen molar-refractivity contribution in [3.63, 3.8) is 0 Å². The standard InChI is InChI=1S/C19H25ClN2O4/c1-25-16-10-17(26-2)15(9-14(16)20)22-11-12(8-18(22)23)19(24)21-13-6-4-3-5-7-13/h9-10,12-13H,3-8,11H2,1-2H3,(H,21,24)/t12-/m0/s1. The summed E-state index contributed by atoms with van der Waals surface area (Å²) >= 11 is 6.21. The van der Waals surface area contributed by atoms with Crippen LogP contribution in [0.5, 0.6) is 11.5 Å². The van der Waals surface area contributed by atoms with E-state index in [1.807, 2.05) is 0 Å². The summed E-state index contributed by atoms with van der Waals surface area (Å²) in [6.45, 7) is 0.330. The maximum absolute atomic E-state index is 12.6. The predicted molar refractivity (Wildman–Crippen MR) is 100 cm³/mol. The Hall–Kier alpha value is -1.95. The summed E-state index contributed by atoms with van der Waals surface area (Å²) in [5, 5.41) is 3.51. The van der Waals surface area contributed by atoms with Crippen LogP contribution in [-0.4, -0.2) is 38.6 Å². The van der Waals surface area contributed by atoms with Gasteiger partial charge in [0.2, 0.25) is 11.8 Å². The molecule has 3 rings (SSSR count). The van der Waals surface area contributed by atoms with E-state index in [4.69, 9.17) is 21.1 Å². The Morgan fingerprint density at radius 2 is 1.85 bits per heavy atom. The van der Waals surface area contributed by atoms with Gasteiger partial charge in [0.1, 0.15) is 11.5 Å². The monoisotopic (exact) mass is 380 g/mol. The van der Waals surface area contributed by atoms with E-state index in [9.17, 15) is 9.59 Å². The van der Waals surface area contributed by atoms with Gasteiger partial charge in [0, 0.05) is 25.1 Å². The molecule has 0 spiro atoms. The number of amides is 2. The second-order valence-electron chi connectivity index (χ2n) is 6.91. The number of nitrogens with one attached hydrogen (secondary N) is 1. The third-order valence-corrected chi connectivity index (χ3v) is 5.49. The molecule has 1 aliphatic heterocycles. The van der Waals surface area contributed by atoms with E-state index in [1.165, 1.54) is 20.6 Å². The molecule has 0 radical (unpaired) electrons. The van der Waals surface area contributed by atoms with Crippen molar-refractivity contribution in [2.24, 2.45) is 5.92 Å². The normalized spacial score (nSPS) is 21.0. The minimum Gasteiger partial charge on any atom is -0.495 e. The number of carbonyl (C=O) groups is 2. The number of methoxy groups -OCH3 is 2. The molecule has 142 valence electrons. The second-order valence-corrected chi connectivity index (χ2v) is 7.31. The molecule has 7 heteroatoms. The van der Waals surface area contributed by atoms with E-state index in [2.05, 4.69) is 5.32 Å². The van der Waals surface area contributed by atoms with Crippen molar-refractivity contribution < 1.29 is 19.1 Å². The third kappa shape index (κ3) is 3.90. The fourth-order valence-electron chi connectivity index (χ4n) is 3.74. The number of anilines is 1. The lowest BCUT2D eigenvalue weighted by Gasteiger charge is -2.24. The van der Waals surface area contributed by atoms with Crippen LogP contribution in [0.2, 0.25) is 5.02 Å². The molecule has 1 saturated carbocycles. The minimum atomic E-state index is -0.352. The average molecular weight is 381 g/mol. The molecule has 1 aliphatic carbocycles. The summed E-state index contributed by atoms with van der Waals surface area (Å²) < 4.78 is 10.6. The highest BCUT2D eigenvalue weighted by molar-refractivity contribution is 6.32. The van der Waals surface area contributed by atoms with Crippen LogP contribution in [0, 0.1) is 5.92 Å². The van der Waals surface area contributed by atoms with Gasteiger partial charge in [0.15, 0.2) is 0 Å². The molecule has 1 atom stereocenters. The SMILES string of the molecule is COc1cc(OC)c(N2C[C@@H](C(=O)NC3CCCCC3)CC2=O)cc1Cl. The topological polar surface area (TPSA) is 67.9 Å². The summed E-state index contributed by atoms with van der Waals surface area (Å²) in [5.74, 6) is 0.480. The van der Waals surface area contributed by atoms with E-state index in [0.29, 0.717) is 28.8 Å². The molecule has 0 bridgehead atoms. The molecule has 0 aromatic heterocycles. The first-order chi connectivity index (χ1) is 12.5. The molecular weight excluding hydrogens is 356 g/mol. The van der Waals surface area contributed by atoms with Crippen molar-refractivity contribution in [2.75, 3.05) is 25.7 Å². The Bertz CT molecular complexity index is 688. The number of hydrogen-bond acceptors (Lipinski definition) is 4. The van der Waals surface area contributed by atoms with E-state index < -0.39 is 0 Å². The summed E-state index contributed by atoms with van der Waals surface area (Å²) in [7, 11) is 3.05. The lowest BCUT2D eigenvalue weighted by atomic mass is 9.95. The zero-order valence-corrected chi connectivity index (χ0v) is 16.0. The highest BCUT2D eigenvalue weighted by Gasteiger charge is 2.37. The summed E-state index contributed by atoms with van der Waals surface area (Å²) in [6, 6.07) is 3.55. The number of halogens is 1. The largest absolute Gasteiger partial charge is 0.495 e. The van der Waals surface area contributed by atoms with Crippen molar-refractivity contribution in [2.45, 2.75) is 44.6 Å². The Morgan fingerprint density at radius 3 is 2.50 bits per heavy atom. The van der Waals surface area contributed by atoms with Crippen molar-refractivity contribution in [1.82, 2.24) is 5.32 Å². The van der Waals surface area contributed by atoms with Gasteiger partial charge in [-0.25, -0.2) is 0 Å². The molecule has 1 heterocycles. The fraction of sp³-hybridized carbons (Fsp3) is 0.579. The van der Waals surface area contributed by atoms with E-state index in [1.54, 1.807) is 17.0 Å². The predicted octanol–water partition coefficient (Wildman–Crippen LogP) is 3.16. The molecular formula is C19H25ClN2O4. The minimum absolute atomic E-state index is 0.0358. The molecule has 1 saturated heterocycles. The molecule has 1 N–H and O–H groups in total. The first-order valence-electron chi connectivity index (χ1n) is 9.05. The summed E-state index contributed by atoms with van der Waals surface area (Å²) in [6.07, 6.45) is 5.80. The van der Waals surface area contributed by atoms with Gasteiger partial charge in [0.25, 0.3) is 0 Å². The van der Waals surface area contributed by atoms with E-state index in [-0.39, 0.29) is 30.2 Å². The van der Waals surface area contributed by atoms with Crippen LogP contribution in [0.3, 0.4) is 0 Å². The Balaban J connectivity index is 1.73. The highest BCUT2D eigenvalue weighted by Crippen LogP contribution is 2.40. The first kappa shape index (κ1) is 18.8. The molecule has 2 amide bonds. The number of carbonyl (C=O) groups excluding carboxylic acids is 2. The third-order valence-electron chi connectivity index (χ3n) is 5.19. The van der Waals surface area contributed by atoms with Gasteiger partial charge >= 0.3 is 0 Å². The van der Waals surface area contributed by atoms with Crippen LogP contribution in [0.1, 0.15) is 38.5 Å². The molecule has 1 aromatic rings. The lowest BCUT2D eigenvalue weighted by Crippen LogP contribution is -2.40. The van der Waals surface area contributed by atoms with Crippen molar-refractivity contribution >= 4 is 29.1 Å². The van der Waals surface area contributed by atoms with Crippen molar-refractivity contribution in [3.8, 4) is 11.5 Å². The van der Waals surface area contributed by atoms with Gasteiger partial charge in [-0.3, -0.25) is 9.59 Å². The molecule has 6 nitrogen and oxygen atoms in total.